The number of carbonyl (C=O) groups is 1. The Morgan fingerprint density at radius 2 is 2.18 bits per heavy atom. The number of rotatable bonds is 2. The van der Waals surface area contributed by atoms with Crippen LogP contribution in [0.2, 0.25) is 5.02 Å². The van der Waals surface area contributed by atoms with Crippen LogP contribution in [0, 0.1) is 13.8 Å². The van der Waals surface area contributed by atoms with Gasteiger partial charge in [-0.25, -0.2) is 4.98 Å². The fourth-order valence-electron chi connectivity index (χ4n) is 2.87. The monoisotopic (exact) mass is 320 g/mol. The van der Waals surface area contributed by atoms with Crippen LogP contribution in [0.25, 0.3) is 0 Å². The first-order chi connectivity index (χ1) is 10.5. The van der Waals surface area contributed by atoms with Crippen molar-refractivity contribution in [1.29, 1.82) is 0 Å². The molecular weight excluding hydrogens is 304 g/mol. The minimum absolute atomic E-state index is 0.209. The molecule has 0 fully saturated rings. The Morgan fingerprint density at radius 1 is 1.41 bits per heavy atom. The summed E-state index contributed by atoms with van der Waals surface area (Å²) >= 11 is 6.29. The van der Waals surface area contributed by atoms with Crippen molar-refractivity contribution in [2.45, 2.75) is 26.7 Å². The summed E-state index contributed by atoms with van der Waals surface area (Å²) in [6.07, 6.45) is 1.67. The number of oxazole rings is 1. The molecule has 0 unspecified atom stereocenters. The van der Waals surface area contributed by atoms with Crippen LogP contribution in [0.3, 0.4) is 0 Å². The van der Waals surface area contributed by atoms with E-state index in [1.807, 2.05) is 0 Å². The first kappa shape index (κ1) is 14.9. The summed E-state index contributed by atoms with van der Waals surface area (Å²) in [5, 5.41) is 0.652. The van der Waals surface area contributed by atoms with E-state index in [1.165, 1.54) is 0 Å². The lowest BCUT2D eigenvalue weighted by Crippen LogP contribution is -2.36. The van der Waals surface area contributed by atoms with Crippen LogP contribution in [0.4, 0.5) is 5.69 Å². The molecule has 0 aliphatic carbocycles. The maximum absolute atomic E-state index is 12.9. The largest absolute Gasteiger partial charge is 0.495 e. The third-order valence-corrected chi connectivity index (χ3v) is 4.18. The third kappa shape index (κ3) is 2.35. The zero-order valence-corrected chi connectivity index (χ0v) is 13.5. The van der Waals surface area contributed by atoms with Crippen LogP contribution in [-0.4, -0.2) is 24.5 Å². The number of amides is 1. The molecule has 0 saturated carbocycles. The van der Waals surface area contributed by atoms with Crippen LogP contribution in [0.1, 0.15) is 34.1 Å². The minimum Gasteiger partial charge on any atom is -0.495 e. The van der Waals surface area contributed by atoms with E-state index >= 15 is 0 Å². The van der Waals surface area contributed by atoms with Crippen LogP contribution in [0.15, 0.2) is 16.5 Å². The number of aryl methyl sites for hydroxylation is 2. The molecule has 1 aliphatic rings. The Bertz CT molecular complexity index is 739. The quantitative estimate of drug-likeness (QED) is 0.849. The van der Waals surface area contributed by atoms with E-state index < -0.39 is 0 Å². The molecular formula is C16H17ClN2O3. The van der Waals surface area contributed by atoms with E-state index in [2.05, 4.69) is 4.98 Å². The number of ether oxygens (including phenoxy) is 1. The summed E-state index contributed by atoms with van der Waals surface area (Å²) in [5.74, 6) is 1.18. The second kappa shape index (κ2) is 5.65. The highest BCUT2D eigenvalue weighted by Crippen LogP contribution is 2.41. The lowest BCUT2D eigenvalue weighted by atomic mass is 10.0. The highest BCUT2D eigenvalue weighted by molar-refractivity contribution is 6.32. The summed E-state index contributed by atoms with van der Waals surface area (Å²) in [5.41, 5.74) is 2.27. The summed E-state index contributed by atoms with van der Waals surface area (Å²) in [4.78, 5) is 18.7. The molecule has 1 aliphatic heterocycles. The van der Waals surface area contributed by atoms with E-state index in [1.54, 1.807) is 38.0 Å². The second-order valence-electron chi connectivity index (χ2n) is 5.28. The summed E-state index contributed by atoms with van der Waals surface area (Å²) < 4.78 is 10.9. The van der Waals surface area contributed by atoms with Gasteiger partial charge in [0.1, 0.15) is 5.75 Å². The van der Waals surface area contributed by atoms with Gasteiger partial charge in [0.2, 0.25) is 5.76 Å². The zero-order chi connectivity index (χ0) is 15.9. The van der Waals surface area contributed by atoms with Crippen molar-refractivity contribution in [3.63, 3.8) is 0 Å². The van der Waals surface area contributed by atoms with Gasteiger partial charge in [0.05, 0.1) is 18.5 Å². The van der Waals surface area contributed by atoms with Crippen molar-refractivity contribution in [3.8, 4) is 5.75 Å². The number of hydrogen-bond acceptors (Lipinski definition) is 4. The lowest BCUT2D eigenvalue weighted by molar-refractivity contribution is 0.0955. The van der Waals surface area contributed by atoms with Crippen molar-refractivity contribution in [1.82, 2.24) is 4.98 Å². The number of anilines is 1. The molecule has 3 rings (SSSR count). The number of fused-ring (bicyclic) bond motifs is 1. The topological polar surface area (TPSA) is 55.6 Å². The van der Waals surface area contributed by atoms with E-state index in [0.717, 1.165) is 24.1 Å². The molecule has 0 radical (unpaired) electrons. The van der Waals surface area contributed by atoms with Crippen LogP contribution < -0.4 is 9.64 Å². The molecule has 2 aromatic rings. The maximum Gasteiger partial charge on any atom is 0.296 e. The highest BCUT2D eigenvalue weighted by atomic mass is 35.5. The molecule has 0 bridgehead atoms. The minimum atomic E-state index is -0.209. The van der Waals surface area contributed by atoms with Gasteiger partial charge < -0.3 is 14.1 Å². The van der Waals surface area contributed by atoms with Gasteiger partial charge in [-0.05, 0) is 37.5 Å². The molecule has 0 saturated heterocycles. The van der Waals surface area contributed by atoms with Crippen molar-refractivity contribution in [2.75, 3.05) is 18.6 Å². The molecule has 1 aromatic heterocycles. The van der Waals surface area contributed by atoms with Crippen molar-refractivity contribution < 1.29 is 13.9 Å². The molecule has 1 amide bonds. The van der Waals surface area contributed by atoms with Crippen LogP contribution in [0.5, 0.6) is 5.75 Å². The molecule has 22 heavy (non-hydrogen) atoms. The number of carbonyl (C=O) groups excluding carboxylic acids is 1. The smallest absolute Gasteiger partial charge is 0.296 e. The Labute approximate surface area is 133 Å². The van der Waals surface area contributed by atoms with E-state index in [4.69, 9.17) is 20.8 Å². The SMILES string of the molecule is COc1ccc(Cl)c2c1N(C(=O)c1oc(C)nc1C)CCC2. The maximum atomic E-state index is 12.9. The molecule has 0 spiro atoms. The van der Waals surface area contributed by atoms with Gasteiger partial charge in [-0.1, -0.05) is 11.6 Å². The number of nitrogens with zero attached hydrogens (tertiary/aromatic N) is 2. The van der Waals surface area contributed by atoms with Gasteiger partial charge in [-0.3, -0.25) is 4.79 Å². The number of hydrogen-bond donors (Lipinski definition) is 0. The van der Waals surface area contributed by atoms with Gasteiger partial charge in [0.15, 0.2) is 5.89 Å². The molecule has 116 valence electrons. The third-order valence-electron chi connectivity index (χ3n) is 3.83. The Hall–Kier alpha value is -2.01. The Balaban J connectivity index is 2.10. The standard InChI is InChI=1S/C16H17ClN2O3/c1-9-15(22-10(2)18-9)16(20)19-8-4-5-11-12(17)6-7-13(21-3)14(11)19/h6-7H,4-5,8H2,1-3H3. The Morgan fingerprint density at radius 3 is 2.82 bits per heavy atom. The average molecular weight is 321 g/mol. The van der Waals surface area contributed by atoms with Crippen molar-refractivity contribution in [2.24, 2.45) is 0 Å². The number of methoxy groups -OCH3 is 1. The molecule has 0 atom stereocenters. The van der Waals surface area contributed by atoms with E-state index in [-0.39, 0.29) is 11.7 Å². The predicted octanol–water partition coefficient (Wildman–Crippen LogP) is 3.55. The van der Waals surface area contributed by atoms with Gasteiger partial charge in [-0.2, -0.15) is 0 Å². The van der Waals surface area contributed by atoms with Gasteiger partial charge in [-0.15, -0.1) is 0 Å². The lowest BCUT2D eigenvalue weighted by Gasteiger charge is -2.31. The summed E-state index contributed by atoms with van der Waals surface area (Å²) in [6.45, 7) is 4.09. The van der Waals surface area contributed by atoms with Crippen LogP contribution in [-0.2, 0) is 6.42 Å². The van der Waals surface area contributed by atoms with Crippen LogP contribution >= 0.6 is 11.6 Å². The van der Waals surface area contributed by atoms with Gasteiger partial charge >= 0.3 is 0 Å². The average Bonchev–Trinajstić information content (AvgIpc) is 2.85. The molecule has 0 N–H and O–H groups in total. The second-order valence-corrected chi connectivity index (χ2v) is 5.69. The van der Waals surface area contributed by atoms with Gasteiger partial charge in [0, 0.05) is 18.5 Å². The van der Waals surface area contributed by atoms with E-state index in [9.17, 15) is 4.79 Å². The zero-order valence-electron chi connectivity index (χ0n) is 12.8. The molecule has 6 heteroatoms. The van der Waals surface area contributed by atoms with Crippen molar-refractivity contribution in [3.05, 3.63) is 40.1 Å². The fourth-order valence-corrected chi connectivity index (χ4v) is 3.12. The number of aromatic nitrogens is 1. The predicted molar refractivity (Wildman–Crippen MR) is 84.0 cm³/mol. The van der Waals surface area contributed by atoms with E-state index in [0.29, 0.717) is 28.9 Å². The first-order valence-electron chi connectivity index (χ1n) is 7.14. The molecule has 5 nitrogen and oxygen atoms in total. The highest BCUT2D eigenvalue weighted by Gasteiger charge is 2.31. The molecule has 1 aromatic carbocycles. The first-order valence-corrected chi connectivity index (χ1v) is 7.52. The fraction of sp³-hybridized carbons (Fsp3) is 0.375. The molecule has 2 heterocycles. The normalized spacial score (nSPS) is 13.9. The Kier molecular flexibility index (Phi) is 3.83. The number of halogens is 1. The summed E-state index contributed by atoms with van der Waals surface area (Å²) in [7, 11) is 1.59. The van der Waals surface area contributed by atoms with Crippen molar-refractivity contribution >= 4 is 23.2 Å². The number of benzene rings is 1. The van der Waals surface area contributed by atoms with Gasteiger partial charge in [0.25, 0.3) is 5.91 Å². The summed E-state index contributed by atoms with van der Waals surface area (Å²) in [6, 6.07) is 3.59.